The van der Waals surface area contributed by atoms with Crippen LogP contribution in [0.25, 0.3) is 0 Å². The van der Waals surface area contributed by atoms with Crippen molar-refractivity contribution in [2.45, 2.75) is 0 Å². The molecule has 1 heterocycles. The summed E-state index contributed by atoms with van der Waals surface area (Å²) in [4.78, 5) is 26.4. The Morgan fingerprint density at radius 1 is 1.64 bits per heavy atom. The molecule has 0 aromatic carbocycles. The second-order valence-corrected chi connectivity index (χ2v) is 2.65. The average Bonchev–Trinajstić information content (AvgIpc) is 2.19. The zero-order valence-corrected chi connectivity index (χ0v) is 7.73. The maximum atomic E-state index is 11.3. The lowest BCUT2D eigenvalue weighted by molar-refractivity contribution is 0.227. The fourth-order valence-electron chi connectivity index (χ4n) is 0.810. The largest absolute Gasteiger partial charge is 0.323 e. The lowest BCUT2D eigenvalue weighted by Crippen LogP contribution is -2.32. The minimum Gasteiger partial charge on any atom is -0.320 e. The van der Waals surface area contributed by atoms with Gasteiger partial charge >= 0.3 is 6.03 Å². The smallest absolute Gasteiger partial charge is 0.320 e. The Kier molecular flexibility index (Phi) is 3.60. The number of nitrogens with zero attached hydrogens (tertiary/aromatic N) is 2. The topological polar surface area (TPSA) is 62.3 Å². The van der Waals surface area contributed by atoms with Crippen molar-refractivity contribution >= 4 is 18.1 Å². The quantitative estimate of drug-likeness (QED) is 0.765. The van der Waals surface area contributed by atoms with E-state index in [0.29, 0.717) is 5.82 Å². The van der Waals surface area contributed by atoms with E-state index >= 15 is 0 Å². The number of likely N-dealkylation sites (N-methyl/N-ethyl adjacent to an activating group) is 1. The van der Waals surface area contributed by atoms with Gasteiger partial charge in [-0.3, -0.25) is 10.1 Å². The highest BCUT2D eigenvalue weighted by Crippen LogP contribution is 2.00. The summed E-state index contributed by atoms with van der Waals surface area (Å²) in [6.45, 7) is -0.0569. The predicted molar refractivity (Wildman–Crippen MR) is 51.6 cm³/mol. The molecule has 14 heavy (non-hydrogen) atoms. The zero-order valence-electron chi connectivity index (χ0n) is 7.73. The van der Waals surface area contributed by atoms with Crippen molar-refractivity contribution < 1.29 is 9.59 Å². The summed E-state index contributed by atoms with van der Waals surface area (Å²) in [5.41, 5.74) is 0. The van der Waals surface area contributed by atoms with E-state index in [-0.39, 0.29) is 12.6 Å². The Morgan fingerprint density at radius 3 is 3.00 bits per heavy atom. The standard InChI is InChI=1S/C9H10N3O2/c1-12(6-7-13)9(14)11-8-4-2-3-5-10-8/h2-5H,6H2,1H3,(H,10,11,14). The predicted octanol–water partition coefficient (Wildman–Crippen LogP) is 0.655. The van der Waals surface area contributed by atoms with E-state index in [4.69, 9.17) is 0 Å². The molecular weight excluding hydrogens is 182 g/mol. The van der Waals surface area contributed by atoms with Crippen LogP contribution < -0.4 is 5.32 Å². The van der Waals surface area contributed by atoms with Crippen LogP contribution in [0.2, 0.25) is 0 Å². The molecule has 0 bridgehead atoms. The van der Waals surface area contributed by atoms with E-state index < -0.39 is 0 Å². The summed E-state index contributed by atoms with van der Waals surface area (Å²) >= 11 is 0. The second-order valence-electron chi connectivity index (χ2n) is 2.65. The average molecular weight is 192 g/mol. The van der Waals surface area contributed by atoms with Crippen LogP contribution >= 0.6 is 0 Å². The number of carbonyl (C=O) groups excluding carboxylic acids is 2. The summed E-state index contributed by atoms with van der Waals surface area (Å²) < 4.78 is 0. The number of aromatic nitrogens is 1. The molecule has 1 N–H and O–H groups in total. The fourth-order valence-corrected chi connectivity index (χ4v) is 0.810. The summed E-state index contributed by atoms with van der Waals surface area (Å²) in [6.07, 6.45) is 3.20. The van der Waals surface area contributed by atoms with Gasteiger partial charge in [0.15, 0.2) is 0 Å². The van der Waals surface area contributed by atoms with Gasteiger partial charge in [0, 0.05) is 13.2 Å². The van der Waals surface area contributed by atoms with Crippen molar-refractivity contribution in [1.29, 1.82) is 0 Å². The van der Waals surface area contributed by atoms with E-state index in [1.54, 1.807) is 30.7 Å². The van der Waals surface area contributed by atoms with Gasteiger partial charge in [-0.05, 0) is 12.1 Å². The van der Waals surface area contributed by atoms with E-state index in [1.165, 1.54) is 11.9 Å². The third kappa shape index (κ3) is 2.85. The Bertz CT molecular complexity index is 313. The molecule has 0 aliphatic carbocycles. The summed E-state index contributed by atoms with van der Waals surface area (Å²) in [7, 11) is 1.50. The monoisotopic (exact) mass is 192 g/mol. The lowest BCUT2D eigenvalue weighted by Gasteiger charge is -2.13. The minimum atomic E-state index is -0.382. The molecule has 0 fully saturated rings. The van der Waals surface area contributed by atoms with Gasteiger partial charge in [0.05, 0.1) is 6.54 Å². The van der Waals surface area contributed by atoms with Crippen LogP contribution in [0.4, 0.5) is 10.6 Å². The number of pyridine rings is 1. The van der Waals surface area contributed by atoms with Crippen LogP contribution in [-0.2, 0) is 4.79 Å². The van der Waals surface area contributed by atoms with Gasteiger partial charge in [-0.15, -0.1) is 0 Å². The van der Waals surface area contributed by atoms with Gasteiger partial charge in [-0.25, -0.2) is 9.78 Å². The Morgan fingerprint density at radius 2 is 2.43 bits per heavy atom. The maximum absolute atomic E-state index is 11.3. The molecule has 2 amide bonds. The third-order valence-corrected chi connectivity index (χ3v) is 1.55. The van der Waals surface area contributed by atoms with Crippen molar-refractivity contribution in [1.82, 2.24) is 9.88 Å². The van der Waals surface area contributed by atoms with Gasteiger partial charge in [0.1, 0.15) is 5.82 Å². The van der Waals surface area contributed by atoms with Gasteiger partial charge in [0.2, 0.25) is 6.29 Å². The fraction of sp³-hybridized carbons (Fsp3) is 0.222. The molecule has 0 saturated carbocycles. The molecule has 1 aromatic heterocycles. The number of urea groups is 1. The lowest BCUT2D eigenvalue weighted by atomic mass is 10.4. The molecule has 0 aliphatic rings. The van der Waals surface area contributed by atoms with E-state index in [1.807, 2.05) is 0 Å². The third-order valence-electron chi connectivity index (χ3n) is 1.55. The second kappa shape index (κ2) is 4.96. The number of carbonyl (C=O) groups is 1. The first-order chi connectivity index (χ1) is 6.74. The van der Waals surface area contributed by atoms with Gasteiger partial charge in [0.25, 0.3) is 0 Å². The summed E-state index contributed by atoms with van der Waals surface area (Å²) in [5.74, 6) is 0.454. The molecule has 73 valence electrons. The number of anilines is 1. The van der Waals surface area contributed by atoms with Crippen molar-refractivity contribution in [2.75, 3.05) is 18.9 Å². The van der Waals surface area contributed by atoms with Crippen molar-refractivity contribution in [3.63, 3.8) is 0 Å². The van der Waals surface area contributed by atoms with Crippen LogP contribution in [0.3, 0.4) is 0 Å². The molecule has 5 heteroatoms. The summed E-state index contributed by atoms with van der Waals surface area (Å²) in [5, 5.41) is 2.52. The zero-order chi connectivity index (χ0) is 10.4. The van der Waals surface area contributed by atoms with Gasteiger partial charge in [-0.1, -0.05) is 6.07 Å². The molecule has 0 aliphatic heterocycles. The maximum Gasteiger partial charge on any atom is 0.323 e. The van der Waals surface area contributed by atoms with E-state index in [0.717, 1.165) is 0 Å². The molecule has 0 atom stereocenters. The molecule has 5 nitrogen and oxygen atoms in total. The number of hydrogen-bond donors (Lipinski definition) is 1. The highest BCUT2D eigenvalue weighted by molar-refractivity contribution is 5.89. The minimum absolute atomic E-state index is 0.0569. The molecular formula is C9H10N3O2. The van der Waals surface area contributed by atoms with Crippen LogP contribution in [0.5, 0.6) is 0 Å². The Labute approximate surface area is 81.7 Å². The molecule has 1 radical (unpaired) electrons. The number of nitrogens with one attached hydrogen (secondary N) is 1. The van der Waals surface area contributed by atoms with E-state index in [9.17, 15) is 9.59 Å². The Hall–Kier alpha value is -1.91. The van der Waals surface area contributed by atoms with Crippen LogP contribution in [0.15, 0.2) is 24.4 Å². The van der Waals surface area contributed by atoms with E-state index in [2.05, 4.69) is 10.3 Å². The number of amides is 2. The Balaban J connectivity index is 2.53. The first-order valence-electron chi connectivity index (χ1n) is 4.02. The van der Waals surface area contributed by atoms with Gasteiger partial charge in [-0.2, -0.15) is 0 Å². The highest BCUT2D eigenvalue weighted by Gasteiger charge is 2.07. The first kappa shape index (κ1) is 10.2. The highest BCUT2D eigenvalue weighted by atomic mass is 16.2. The molecule has 0 spiro atoms. The van der Waals surface area contributed by atoms with Crippen LogP contribution in [0, 0.1) is 0 Å². The SMILES string of the molecule is CN(C[C]=O)C(=O)Nc1ccccn1. The molecule has 1 rings (SSSR count). The molecule has 0 saturated heterocycles. The van der Waals surface area contributed by atoms with Crippen LogP contribution in [-0.4, -0.2) is 35.8 Å². The molecule has 1 aromatic rings. The number of hydrogen-bond acceptors (Lipinski definition) is 3. The van der Waals surface area contributed by atoms with Crippen LogP contribution in [0.1, 0.15) is 0 Å². The first-order valence-corrected chi connectivity index (χ1v) is 4.02. The van der Waals surface area contributed by atoms with Crippen molar-refractivity contribution in [3.8, 4) is 0 Å². The van der Waals surface area contributed by atoms with Crippen molar-refractivity contribution in [3.05, 3.63) is 24.4 Å². The summed E-state index contributed by atoms with van der Waals surface area (Å²) in [6, 6.07) is 4.79. The normalized spacial score (nSPS) is 9.21. The van der Waals surface area contributed by atoms with Crippen molar-refractivity contribution in [2.24, 2.45) is 0 Å². The molecule has 0 unspecified atom stereocenters. The van der Waals surface area contributed by atoms with Gasteiger partial charge < -0.3 is 4.90 Å². The number of rotatable bonds is 3.